The number of amides is 2. The molecule has 4 rings (SSSR count). The maximum Gasteiger partial charge on any atom is 0.250 e. The second kappa shape index (κ2) is 8.28. The van der Waals surface area contributed by atoms with Crippen molar-refractivity contribution in [3.8, 4) is 11.8 Å². The number of aliphatic imine (C=N–C) groups is 1. The Morgan fingerprint density at radius 3 is 2.94 bits per heavy atom. The molecule has 1 N–H and O–H groups in total. The van der Waals surface area contributed by atoms with Crippen molar-refractivity contribution >= 4 is 23.3 Å². The quantitative estimate of drug-likeness (QED) is 0.810. The highest BCUT2D eigenvalue weighted by Gasteiger charge is 2.45. The summed E-state index contributed by atoms with van der Waals surface area (Å²) in [6.07, 6.45) is 7.01. The minimum absolute atomic E-state index is 0.0219. The predicted octanol–water partition coefficient (Wildman–Crippen LogP) is 3.55. The Morgan fingerprint density at radius 1 is 1.26 bits per heavy atom. The zero-order chi connectivity index (χ0) is 21.8. The number of carbonyl (C=O) groups excluding carboxylic acids is 2. The smallest absolute Gasteiger partial charge is 0.250 e. The third kappa shape index (κ3) is 4.23. The number of nitrogens with one attached hydrogen (secondary N) is 1. The van der Waals surface area contributed by atoms with Gasteiger partial charge in [-0.05, 0) is 48.9 Å². The molecule has 2 aliphatic rings. The molecule has 0 saturated heterocycles. The lowest BCUT2D eigenvalue weighted by molar-refractivity contribution is -0.130. The van der Waals surface area contributed by atoms with Gasteiger partial charge >= 0.3 is 0 Å². The van der Waals surface area contributed by atoms with Crippen molar-refractivity contribution in [2.24, 2.45) is 4.99 Å². The van der Waals surface area contributed by atoms with E-state index in [0.29, 0.717) is 29.4 Å². The van der Waals surface area contributed by atoms with Gasteiger partial charge in [-0.2, -0.15) is 10.3 Å². The molecule has 0 spiro atoms. The van der Waals surface area contributed by atoms with Gasteiger partial charge in [-0.1, -0.05) is 24.3 Å². The number of rotatable bonds is 5. The van der Waals surface area contributed by atoms with Crippen molar-refractivity contribution in [1.29, 1.82) is 5.26 Å². The van der Waals surface area contributed by atoms with Crippen LogP contribution in [0.25, 0.3) is 0 Å². The number of benzene rings is 2. The van der Waals surface area contributed by atoms with Crippen LogP contribution in [0.5, 0.6) is 5.75 Å². The van der Waals surface area contributed by atoms with E-state index in [9.17, 15) is 9.59 Å². The Bertz CT molecular complexity index is 1180. The average molecular weight is 412 g/mol. The Morgan fingerprint density at radius 2 is 2.10 bits per heavy atom. The summed E-state index contributed by atoms with van der Waals surface area (Å²) in [5, 5.41) is 11.9. The van der Waals surface area contributed by atoms with E-state index < -0.39 is 5.54 Å². The Kier molecular flexibility index (Phi) is 5.37. The number of hydrogen-bond donors (Lipinski definition) is 1. The van der Waals surface area contributed by atoms with E-state index in [1.807, 2.05) is 12.1 Å². The van der Waals surface area contributed by atoms with Gasteiger partial charge in [0, 0.05) is 18.0 Å². The molecule has 1 unspecified atom stereocenters. The number of carbonyl (C=O) groups is 2. The zero-order valence-electron chi connectivity index (χ0n) is 16.9. The van der Waals surface area contributed by atoms with Crippen LogP contribution < -0.4 is 10.1 Å². The van der Waals surface area contributed by atoms with E-state index in [4.69, 9.17) is 10.00 Å². The van der Waals surface area contributed by atoms with E-state index in [1.165, 1.54) is 0 Å². The lowest BCUT2D eigenvalue weighted by Gasteiger charge is -2.41. The predicted molar refractivity (Wildman–Crippen MR) is 116 cm³/mol. The number of ether oxygens (including phenoxy) is 1. The third-order valence-corrected chi connectivity index (χ3v) is 5.15. The second-order valence-corrected chi connectivity index (χ2v) is 7.47. The summed E-state index contributed by atoms with van der Waals surface area (Å²) >= 11 is 0. The molecule has 0 bridgehead atoms. The van der Waals surface area contributed by atoms with Crippen LogP contribution in [-0.2, 0) is 16.2 Å². The number of hydrogen-bond acceptors (Lipinski definition) is 5. The summed E-state index contributed by atoms with van der Waals surface area (Å²) in [5.74, 6) is 0.383. The SMILES string of the molecule is CC1(C(=O)Nc2cccc(OCc3cccc(C#N)c3)c2)CC(=O)N=C2C=CC=CN21. The molecular weight excluding hydrogens is 392 g/mol. The first kappa shape index (κ1) is 20.1. The van der Waals surface area contributed by atoms with Crippen LogP contribution in [-0.4, -0.2) is 28.1 Å². The van der Waals surface area contributed by atoms with Crippen LogP contribution in [0, 0.1) is 11.3 Å². The highest BCUT2D eigenvalue weighted by atomic mass is 16.5. The van der Waals surface area contributed by atoms with Crippen LogP contribution >= 0.6 is 0 Å². The lowest BCUT2D eigenvalue weighted by Crippen LogP contribution is -2.58. The van der Waals surface area contributed by atoms with Gasteiger partial charge in [0.2, 0.25) is 0 Å². The minimum Gasteiger partial charge on any atom is -0.489 e. The van der Waals surface area contributed by atoms with Crippen molar-refractivity contribution in [2.75, 3.05) is 5.32 Å². The van der Waals surface area contributed by atoms with Crippen molar-refractivity contribution in [3.63, 3.8) is 0 Å². The van der Waals surface area contributed by atoms with Crippen molar-refractivity contribution in [3.05, 3.63) is 84.1 Å². The highest BCUT2D eigenvalue weighted by molar-refractivity contribution is 6.11. The van der Waals surface area contributed by atoms with Gasteiger partial charge in [0.05, 0.1) is 18.1 Å². The average Bonchev–Trinajstić information content (AvgIpc) is 2.78. The molecule has 154 valence electrons. The van der Waals surface area contributed by atoms with Crippen molar-refractivity contribution in [2.45, 2.75) is 25.5 Å². The van der Waals surface area contributed by atoms with Gasteiger partial charge in [-0.15, -0.1) is 0 Å². The standard InChI is InChI=1S/C24H20N4O3/c1-24(14-22(29)27-21-10-2-3-11-28(21)24)23(30)26-19-8-5-9-20(13-19)31-16-18-7-4-6-17(12-18)15-25/h2-13H,14,16H2,1H3,(H,26,30). The largest absolute Gasteiger partial charge is 0.489 e. The molecule has 2 heterocycles. The van der Waals surface area contributed by atoms with Gasteiger partial charge in [0.25, 0.3) is 11.8 Å². The number of anilines is 1. The maximum atomic E-state index is 13.2. The summed E-state index contributed by atoms with van der Waals surface area (Å²) in [6.45, 7) is 2.02. The molecule has 0 aliphatic carbocycles. The molecular formula is C24H20N4O3. The number of allylic oxidation sites excluding steroid dienone is 2. The van der Waals surface area contributed by atoms with Gasteiger partial charge < -0.3 is 15.0 Å². The fourth-order valence-corrected chi connectivity index (χ4v) is 3.51. The monoisotopic (exact) mass is 412 g/mol. The van der Waals surface area contributed by atoms with E-state index in [1.54, 1.807) is 72.6 Å². The molecule has 0 saturated carbocycles. The molecule has 2 aromatic carbocycles. The van der Waals surface area contributed by atoms with E-state index in [-0.39, 0.29) is 18.2 Å². The molecule has 2 aromatic rings. The first-order valence-electron chi connectivity index (χ1n) is 9.77. The minimum atomic E-state index is -1.09. The highest BCUT2D eigenvalue weighted by Crippen LogP contribution is 2.30. The fraction of sp³-hybridized carbons (Fsp3) is 0.167. The second-order valence-electron chi connectivity index (χ2n) is 7.47. The maximum absolute atomic E-state index is 13.2. The molecule has 7 nitrogen and oxygen atoms in total. The first-order valence-corrected chi connectivity index (χ1v) is 9.77. The Labute approximate surface area is 180 Å². The summed E-state index contributed by atoms with van der Waals surface area (Å²) in [6, 6.07) is 16.4. The van der Waals surface area contributed by atoms with Gasteiger partial charge in [-0.25, -0.2) is 0 Å². The van der Waals surface area contributed by atoms with Crippen molar-refractivity contribution in [1.82, 2.24) is 4.90 Å². The number of nitrogens with zero attached hydrogens (tertiary/aromatic N) is 3. The third-order valence-electron chi connectivity index (χ3n) is 5.15. The lowest BCUT2D eigenvalue weighted by atomic mass is 9.91. The molecule has 2 amide bonds. The van der Waals surface area contributed by atoms with Gasteiger partial charge in [-0.3, -0.25) is 9.59 Å². The molecule has 2 aliphatic heterocycles. The molecule has 1 atom stereocenters. The molecule has 0 radical (unpaired) electrons. The summed E-state index contributed by atoms with van der Waals surface area (Å²) in [4.78, 5) is 31.0. The molecule has 0 fully saturated rings. The van der Waals surface area contributed by atoms with E-state index in [2.05, 4.69) is 16.4 Å². The summed E-state index contributed by atoms with van der Waals surface area (Å²) < 4.78 is 5.82. The summed E-state index contributed by atoms with van der Waals surface area (Å²) in [7, 11) is 0. The number of fused-ring (bicyclic) bond motifs is 1. The molecule has 31 heavy (non-hydrogen) atoms. The normalized spacial score (nSPS) is 19.3. The van der Waals surface area contributed by atoms with Crippen LogP contribution in [0.15, 0.2) is 78.0 Å². The first-order chi connectivity index (χ1) is 15.0. The fourth-order valence-electron chi connectivity index (χ4n) is 3.51. The van der Waals surface area contributed by atoms with Gasteiger partial charge in [0.1, 0.15) is 23.7 Å². The van der Waals surface area contributed by atoms with Crippen LogP contribution in [0.1, 0.15) is 24.5 Å². The van der Waals surface area contributed by atoms with E-state index >= 15 is 0 Å². The number of nitriles is 1. The Hall–Kier alpha value is -4.18. The van der Waals surface area contributed by atoms with Crippen LogP contribution in [0.2, 0.25) is 0 Å². The van der Waals surface area contributed by atoms with Crippen LogP contribution in [0.3, 0.4) is 0 Å². The zero-order valence-corrected chi connectivity index (χ0v) is 16.9. The molecule has 7 heteroatoms. The number of amidine groups is 1. The molecule has 0 aromatic heterocycles. The van der Waals surface area contributed by atoms with E-state index in [0.717, 1.165) is 5.56 Å². The Balaban J connectivity index is 1.47. The van der Waals surface area contributed by atoms with Crippen LogP contribution in [0.4, 0.5) is 5.69 Å². The van der Waals surface area contributed by atoms with Crippen molar-refractivity contribution < 1.29 is 14.3 Å². The summed E-state index contributed by atoms with van der Waals surface area (Å²) in [5.41, 5.74) is 0.909. The van der Waals surface area contributed by atoms with Gasteiger partial charge in [0.15, 0.2) is 0 Å². The topological polar surface area (TPSA) is 94.8 Å².